The van der Waals surface area contributed by atoms with Crippen LogP contribution in [0.15, 0.2) is 59.5 Å². The maximum Gasteiger partial charge on any atom is 0.416 e. The molecule has 1 N–H and O–H groups in total. The van der Waals surface area contributed by atoms with E-state index in [9.17, 15) is 22.4 Å². The molecule has 0 aliphatic rings. The highest BCUT2D eigenvalue weighted by molar-refractivity contribution is 5.92. The van der Waals surface area contributed by atoms with Crippen LogP contribution in [0.5, 0.6) is 0 Å². The molecular weight excluding hydrogens is 386 g/mol. The fourth-order valence-corrected chi connectivity index (χ4v) is 2.81. The molecular formula is C22H17F4NO2. The summed E-state index contributed by atoms with van der Waals surface area (Å²) in [5, 5.41) is 2.60. The lowest BCUT2D eigenvalue weighted by Gasteiger charge is -2.08. The number of benzene rings is 2. The van der Waals surface area contributed by atoms with Gasteiger partial charge in [-0.3, -0.25) is 4.79 Å². The van der Waals surface area contributed by atoms with E-state index in [0.717, 1.165) is 12.1 Å². The van der Waals surface area contributed by atoms with Gasteiger partial charge in [-0.2, -0.15) is 13.2 Å². The van der Waals surface area contributed by atoms with Crippen LogP contribution >= 0.6 is 0 Å². The second kappa shape index (κ2) is 7.95. The summed E-state index contributed by atoms with van der Waals surface area (Å²) in [4.78, 5) is 12.3. The van der Waals surface area contributed by atoms with Crippen LogP contribution in [0, 0.1) is 12.7 Å². The smallest absolute Gasteiger partial charge is 0.416 e. The maximum atomic E-state index is 13.9. The van der Waals surface area contributed by atoms with Gasteiger partial charge >= 0.3 is 6.18 Å². The van der Waals surface area contributed by atoms with Crippen LogP contribution in [0.4, 0.5) is 17.6 Å². The first-order chi connectivity index (χ1) is 13.7. The number of halogens is 4. The van der Waals surface area contributed by atoms with Gasteiger partial charge < -0.3 is 9.73 Å². The summed E-state index contributed by atoms with van der Waals surface area (Å²) in [5.41, 5.74) is 1.03. The zero-order chi connectivity index (χ0) is 21.2. The summed E-state index contributed by atoms with van der Waals surface area (Å²) < 4.78 is 57.9. The van der Waals surface area contributed by atoms with Gasteiger partial charge in [-0.05, 0) is 60.0 Å². The van der Waals surface area contributed by atoms with Crippen LogP contribution in [-0.2, 0) is 12.7 Å². The zero-order valence-electron chi connectivity index (χ0n) is 15.4. The highest BCUT2D eigenvalue weighted by Crippen LogP contribution is 2.32. The summed E-state index contributed by atoms with van der Waals surface area (Å²) >= 11 is 0. The van der Waals surface area contributed by atoms with Crippen molar-refractivity contribution in [3.63, 3.8) is 0 Å². The van der Waals surface area contributed by atoms with E-state index in [-0.39, 0.29) is 23.6 Å². The van der Waals surface area contributed by atoms with E-state index in [2.05, 4.69) is 11.9 Å². The van der Waals surface area contributed by atoms with Gasteiger partial charge in [-0.25, -0.2) is 4.39 Å². The fourth-order valence-electron chi connectivity index (χ4n) is 2.81. The molecule has 0 fully saturated rings. The quantitative estimate of drug-likeness (QED) is 0.532. The Bertz CT molecular complexity index is 1070. The summed E-state index contributed by atoms with van der Waals surface area (Å²) in [7, 11) is 0. The third kappa shape index (κ3) is 4.56. The van der Waals surface area contributed by atoms with Crippen LogP contribution in [0.1, 0.15) is 32.8 Å². The molecule has 0 atom stereocenters. The van der Waals surface area contributed by atoms with Gasteiger partial charge in [0.1, 0.15) is 11.6 Å². The first-order valence-electron chi connectivity index (χ1n) is 8.66. The highest BCUT2D eigenvalue weighted by atomic mass is 19.4. The number of rotatable bonds is 5. The van der Waals surface area contributed by atoms with Gasteiger partial charge in [0.2, 0.25) is 0 Å². The summed E-state index contributed by atoms with van der Waals surface area (Å²) in [6.45, 7) is 5.31. The summed E-state index contributed by atoms with van der Waals surface area (Å²) in [5.74, 6) is -0.897. The summed E-state index contributed by atoms with van der Waals surface area (Å²) in [6, 6.07) is 10.5. The topological polar surface area (TPSA) is 42.2 Å². The number of carbonyl (C=O) groups is 1. The van der Waals surface area contributed by atoms with Crippen molar-refractivity contribution in [1.82, 2.24) is 5.32 Å². The molecule has 1 amide bonds. The van der Waals surface area contributed by atoms with Crippen molar-refractivity contribution >= 4 is 12.0 Å². The van der Waals surface area contributed by atoms with E-state index in [1.807, 2.05) is 0 Å². The predicted octanol–water partition coefficient (Wildman–Crippen LogP) is 5.99. The van der Waals surface area contributed by atoms with Gasteiger partial charge in [0.05, 0.1) is 5.56 Å². The van der Waals surface area contributed by atoms with Gasteiger partial charge in [0.15, 0.2) is 5.76 Å². The lowest BCUT2D eigenvalue weighted by atomic mass is 10.0. The molecule has 0 spiro atoms. The first-order valence-corrected chi connectivity index (χ1v) is 8.66. The Balaban J connectivity index is 1.74. The molecule has 150 valence electrons. The van der Waals surface area contributed by atoms with Gasteiger partial charge in [0.25, 0.3) is 5.91 Å². The molecule has 29 heavy (non-hydrogen) atoms. The van der Waals surface area contributed by atoms with E-state index in [0.29, 0.717) is 16.7 Å². The normalized spacial score (nSPS) is 11.3. The highest BCUT2D eigenvalue weighted by Gasteiger charge is 2.30. The number of hydrogen-bond donors (Lipinski definition) is 1. The molecule has 0 saturated carbocycles. The molecule has 3 nitrogen and oxygen atoms in total. The van der Waals surface area contributed by atoms with Gasteiger partial charge in [0, 0.05) is 12.1 Å². The van der Waals surface area contributed by atoms with Crippen molar-refractivity contribution in [2.24, 2.45) is 0 Å². The molecule has 0 bridgehead atoms. The minimum Gasteiger partial charge on any atom is -0.451 e. The van der Waals surface area contributed by atoms with Crippen LogP contribution in [-0.4, -0.2) is 5.91 Å². The fraction of sp³-hybridized carbons (Fsp3) is 0.136. The molecule has 1 heterocycles. The Morgan fingerprint density at radius 1 is 1.17 bits per heavy atom. The van der Waals surface area contributed by atoms with Crippen LogP contribution in [0.25, 0.3) is 17.4 Å². The van der Waals surface area contributed by atoms with E-state index < -0.39 is 23.5 Å². The number of nitrogens with one attached hydrogen (secondary N) is 1. The monoisotopic (exact) mass is 403 g/mol. The average Bonchev–Trinajstić information content (AvgIpc) is 3.18. The van der Waals surface area contributed by atoms with E-state index in [1.54, 1.807) is 13.0 Å². The van der Waals surface area contributed by atoms with Crippen molar-refractivity contribution in [3.8, 4) is 11.3 Å². The molecule has 1 aromatic heterocycles. The molecule has 0 aliphatic carbocycles. The third-order valence-electron chi connectivity index (χ3n) is 4.42. The van der Waals surface area contributed by atoms with E-state index >= 15 is 0 Å². The Labute approximate surface area is 164 Å². The maximum absolute atomic E-state index is 13.9. The minimum absolute atomic E-state index is 0.0520. The Morgan fingerprint density at radius 3 is 2.62 bits per heavy atom. The molecule has 0 radical (unpaired) electrons. The van der Waals surface area contributed by atoms with E-state index in [1.165, 1.54) is 36.4 Å². The number of carbonyl (C=O) groups excluding carboxylic acids is 1. The zero-order valence-corrected chi connectivity index (χ0v) is 15.4. The van der Waals surface area contributed by atoms with Crippen molar-refractivity contribution in [2.45, 2.75) is 19.6 Å². The predicted molar refractivity (Wildman–Crippen MR) is 102 cm³/mol. The number of amides is 1. The second-order valence-electron chi connectivity index (χ2n) is 6.42. The largest absolute Gasteiger partial charge is 0.451 e. The molecule has 3 aromatic rings. The van der Waals surface area contributed by atoms with Crippen LogP contribution in [0.2, 0.25) is 0 Å². The molecule has 0 unspecified atom stereocenters. The summed E-state index contributed by atoms with van der Waals surface area (Å²) in [6.07, 6.45) is -2.95. The minimum atomic E-state index is -4.48. The lowest BCUT2D eigenvalue weighted by Crippen LogP contribution is -2.22. The van der Waals surface area contributed by atoms with Gasteiger partial charge in [-0.1, -0.05) is 24.8 Å². The molecule has 3 rings (SSSR count). The van der Waals surface area contributed by atoms with Crippen LogP contribution in [0.3, 0.4) is 0 Å². The number of alkyl halides is 3. The van der Waals surface area contributed by atoms with Crippen molar-refractivity contribution < 1.29 is 26.8 Å². The Morgan fingerprint density at radius 2 is 1.93 bits per heavy atom. The third-order valence-corrected chi connectivity index (χ3v) is 4.42. The Hall–Kier alpha value is -3.35. The molecule has 0 aliphatic heterocycles. The van der Waals surface area contributed by atoms with Crippen molar-refractivity contribution in [3.05, 3.63) is 88.9 Å². The van der Waals surface area contributed by atoms with Crippen LogP contribution < -0.4 is 5.32 Å². The Kier molecular flexibility index (Phi) is 5.59. The standard InChI is InChI=1S/C22H17F4NO2/c1-3-15-9-14(10-18(23)13(15)2)12-27-21(28)20-8-7-19(29-20)16-5-4-6-17(11-16)22(24,25)26/h3-11H,1,12H2,2H3,(H,27,28). The SMILES string of the molecule is C=Cc1cc(CNC(=O)c2ccc(-c3cccc(C(F)(F)F)c3)o2)cc(F)c1C. The van der Waals surface area contributed by atoms with Crippen molar-refractivity contribution in [1.29, 1.82) is 0 Å². The number of hydrogen-bond acceptors (Lipinski definition) is 2. The first kappa shape index (κ1) is 20.4. The van der Waals surface area contributed by atoms with Gasteiger partial charge in [-0.15, -0.1) is 0 Å². The second-order valence-corrected chi connectivity index (χ2v) is 6.42. The average molecular weight is 403 g/mol. The number of furan rings is 1. The molecule has 2 aromatic carbocycles. The van der Waals surface area contributed by atoms with E-state index in [4.69, 9.17) is 4.42 Å². The van der Waals surface area contributed by atoms with Crippen molar-refractivity contribution in [2.75, 3.05) is 0 Å². The molecule has 7 heteroatoms. The molecule has 0 saturated heterocycles. The lowest BCUT2D eigenvalue weighted by molar-refractivity contribution is -0.137.